The number of hydrogen-bond acceptors (Lipinski definition) is 6. The zero-order valence-electron chi connectivity index (χ0n) is 15.2. The minimum Gasteiger partial charge on any atom is -0.396 e. The Labute approximate surface area is 148 Å². The van der Waals surface area contributed by atoms with E-state index in [1.54, 1.807) is 6.20 Å². The van der Waals surface area contributed by atoms with Crippen LogP contribution < -0.4 is 4.90 Å². The van der Waals surface area contributed by atoms with Crippen molar-refractivity contribution in [2.75, 3.05) is 38.3 Å². The van der Waals surface area contributed by atoms with Crippen LogP contribution in [0, 0.1) is 19.3 Å². The molecule has 1 fully saturated rings. The minimum atomic E-state index is -0.145. The molecule has 1 N–H and O–H groups in total. The Kier molecular flexibility index (Phi) is 5.30. The van der Waals surface area contributed by atoms with Crippen LogP contribution in [0.2, 0.25) is 0 Å². The average Bonchev–Trinajstić information content (AvgIpc) is 2.62. The highest BCUT2D eigenvalue weighted by atomic mass is 16.5. The van der Waals surface area contributed by atoms with Crippen LogP contribution in [0.1, 0.15) is 24.2 Å². The molecule has 134 valence electrons. The predicted octanol–water partition coefficient (Wildman–Crippen LogP) is 2.38. The monoisotopic (exact) mass is 342 g/mol. The summed E-state index contributed by atoms with van der Waals surface area (Å²) >= 11 is 0. The quantitative estimate of drug-likeness (QED) is 0.899. The third-order valence-electron chi connectivity index (χ3n) is 4.95. The molecular formula is C19H26N4O2. The van der Waals surface area contributed by atoms with Gasteiger partial charge in [-0.3, -0.25) is 4.98 Å². The number of nitrogens with zero attached hydrogens (tertiary/aromatic N) is 4. The third kappa shape index (κ3) is 3.96. The van der Waals surface area contributed by atoms with Gasteiger partial charge in [0.1, 0.15) is 0 Å². The fourth-order valence-corrected chi connectivity index (χ4v) is 3.38. The number of rotatable bonds is 5. The van der Waals surface area contributed by atoms with Crippen molar-refractivity contribution in [2.24, 2.45) is 5.41 Å². The highest BCUT2D eigenvalue weighted by Crippen LogP contribution is 2.32. The summed E-state index contributed by atoms with van der Waals surface area (Å²) in [4.78, 5) is 15.7. The van der Waals surface area contributed by atoms with Crippen LogP contribution in [0.25, 0.3) is 11.3 Å². The number of ether oxygens (including phenoxy) is 1. The lowest BCUT2D eigenvalue weighted by molar-refractivity contribution is -0.0114. The number of anilines is 1. The van der Waals surface area contributed by atoms with E-state index in [1.165, 1.54) is 0 Å². The summed E-state index contributed by atoms with van der Waals surface area (Å²) in [6.07, 6.45) is 3.49. The molecule has 1 saturated heterocycles. The van der Waals surface area contributed by atoms with Gasteiger partial charge < -0.3 is 14.7 Å². The van der Waals surface area contributed by atoms with E-state index in [0.717, 1.165) is 35.5 Å². The van der Waals surface area contributed by atoms with Crippen LogP contribution >= 0.6 is 0 Å². The molecule has 0 spiro atoms. The van der Waals surface area contributed by atoms with Crippen LogP contribution in [0.4, 0.5) is 5.95 Å². The summed E-state index contributed by atoms with van der Waals surface area (Å²) in [5.41, 5.74) is 3.70. The lowest BCUT2D eigenvalue weighted by atomic mass is 9.80. The number of aromatic nitrogens is 3. The maximum atomic E-state index is 9.90. The zero-order chi connectivity index (χ0) is 17.9. The van der Waals surface area contributed by atoms with Gasteiger partial charge in [-0.15, -0.1) is 0 Å². The topological polar surface area (TPSA) is 71.4 Å². The molecule has 3 heterocycles. The number of pyridine rings is 1. The number of aliphatic hydroxyl groups is 1. The second kappa shape index (κ2) is 7.45. The van der Waals surface area contributed by atoms with Gasteiger partial charge in [0.05, 0.1) is 12.3 Å². The van der Waals surface area contributed by atoms with Gasteiger partial charge in [0.25, 0.3) is 0 Å². The summed E-state index contributed by atoms with van der Waals surface area (Å²) in [7, 11) is 1.98. The van der Waals surface area contributed by atoms with E-state index in [2.05, 4.69) is 16.0 Å². The Morgan fingerprint density at radius 1 is 1.16 bits per heavy atom. The van der Waals surface area contributed by atoms with Crippen LogP contribution in [0.15, 0.2) is 24.4 Å². The summed E-state index contributed by atoms with van der Waals surface area (Å²) in [6, 6.07) is 5.96. The molecule has 0 aromatic carbocycles. The molecule has 25 heavy (non-hydrogen) atoms. The molecule has 6 nitrogen and oxygen atoms in total. The first-order valence-electron chi connectivity index (χ1n) is 8.70. The molecule has 3 rings (SSSR count). The van der Waals surface area contributed by atoms with Gasteiger partial charge in [-0.1, -0.05) is 0 Å². The maximum Gasteiger partial charge on any atom is 0.225 e. The van der Waals surface area contributed by atoms with Gasteiger partial charge in [0.15, 0.2) is 0 Å². The molecule has 0 unspecified atom stereocenters. The Hall–Kier alpha value is -2.05. The Balaban J connectivity index is 1.83. The van der Waals surface area contributed by atoms with Crippen molar-refractivity contribution in [1.29, 1.82) is 0 Å². The molecule has 1 aliphatic rings. The smallest absolute Gasteiger partial charge is 0.225 e. The molecule has 0 bridgehead atoms. The Morgan fingerprint density at radius 2 is 1.92 bits per heavy atom. The van der Waals surface area contributed by atoms with Crippen molar-refractivity contribution >= 4 is 5.95 Å². The van der Waals surface area contributed by atoms with Crippen LogP contribution in [0.3, 0.4) is 0 Å². The van der Waals surface area contributed by atoms with E-state index in [0.29, 0.717) is 25.7 Å². The Bertz CT molecular complexity index is 729. The largest absolute Gasteiger partial charge is 0.396 e. The van der Waals surface area contributed by atoms with Gasteiger partial charge in [-0.05, 0) is 44.9 Å². The fraction of sp³-hybridized carbons (Fsp3) is 0.526. The van der Waals surface area contributed by atoms with Gasteiger partial charge >= 0.3 is 0 Å². The van der Waals surface area contributed by atoms with E-state index >= 15 is 0 Å². The average molecular weight is 342 g/mol. The second-order valence-corrected chi connectivity index (χ2v) is 6.95. The molecule has 1 aliphatic heterocycles. The molecule has 6 heteroatoms. The Morgan fingerprint density at radius 3 is 2.60 bits per heavy atom. The number of aliphatic hydroxyl groups excluding tert-OH is 1. The van der Waals surface area contributed by atoms with E-state index in [9.17, 15) is 5.11 Å². The highest BCUT2D eigenvalue weighted by Gasteiger charge is 2.33. The maximum absolute atomic E-state index is 9.90. The highest BCUT2D eigenvalue weighted by molar-refractivity contribution is 5.62. The molecule has 2 aromatic heterocycles. The summed E-state index contributed by atoms with van der Waals surface area (Å²) in [5, 5.41) is 9.90. The second-order valence-electron chi connectivity index (χ2n) is 6.95. The van der Waals surface area contributed by atoms with E-state index < -0.39 is 0 Å². The van der Waals surface area contributed by atoms with Gasteiger partial charge in [-0.25, -0.2) is 9.97 Å². The number of hydrogen-bond donors (Lipinski definition) is 1. The molecule has 0 atom stereocenters. The first-order chi connectivity index (χ1) is 12.0. The normalized spacial score (nSPS) is 16.6. The molecule has 0 radical (unpaired) electrons. The standard InChI is InChI=1S/C19H26N4O2/c1-14-4-5-16(15(2)21-14)17-6-9-20-18(22-17)23(3)12-19(13-24)7-10-25-11-8-19/h4-6,9,24H,7-8,10-13H2,1-3H3. The molecule has 0 saturated carbocycles. The SMILES string of the molecule is Cc1ccc(-c2ccnc(N(C)CC3(CO)CCOCC3)n2)c(C)n1. The van der Waals surface area contributed by atoms with Gasteiger partial charge in [0.2, 0.25) is 5.95 Å². The van der Waals surface area contributed by atoms with E-state index in [-0.39, 0.29) is 12.0 Å². The molecule has 0 amide bonds. The van der Waals surface area contributed by atoms with Gasteiger partial charge in [0, 0.05) is 55.4 Å². The lowest BCUT2D eigenvalue weighted by Gasteiger charge is -2.38. The van der Waals surface area contributed by atoms with Crippen molar-refractivity contribution in [3.63, 3.8) is 0 Å². The molecule has 0 aliphatic carbocycles. The van der Waals surface area contributed by atoms with Crippen molar-refractivity contribution in [2.45, 2.75) is 26.7 Å². The van der Waals surface area contributed by atoms with Crippen LogP contribution in [0.5, 0.6) is 0 Å². The minimum absolute atomic E-state index is 0.145. The first-order valence-corrected chi connectivity index (χ1v) is 8.70. The zero-order valence-corrected chi connectivity index (χ0v) is 15.2. The summed E-state index contributed by atoms with van der Waals surface area (Å²) in [5.74, 6) is 0.664. The summed E-state index contributed by atoms with van der Waals surface area (Å²) < 4.78 is 5.45. The fourth-order valence-electron chi connectivity index (χ4n) is 3.38. The van der Waals surface area contributed by atoms with Gasteiger partial charge in [-0.2, -0.15) is 0 Å². The van der Waals surface area contributed by atoms with Crippen LogP contribution in [-0.2, 0) is 4.74 Å². The molecular weight excluding hydrogens is 316 g/mol. The van der Waals surface area contributed by atoms with Crippen molar-refractivity contribution in [3.8, 4) is 11.3 Å². The predicted molar refractivity (Wildman–Crippen MR) is 97.6 cm³/mol. The van der Waals surface area contributed by atoms with Crippen molar-refractivity contribution < 1.29 is 9.84 Å². The number of aryl methyl sites for hydroxylation is 2. The van der Waals surface area contributed by atoms with Crippen molar-refractivity contribution in [1.82, 2.24) is 15.0 Å². The summed E-state index contributed by atoms with van der Waals surface area (Å²) in [6.45, 7) is 6.24. The van der Waals surface area contributed by atoms with E-state index in [1.807, 2.05) is 37.9 Å². The van der Waals surface area contributed by atoms with Crippen molar-refractivity contribution in [3.05, 3.63) is 35.8 Å². The lowest BCUT2D eigenvalue weighted by Crippen LogP contribution is -2.43. The van der Waals surface area contributed by atoms with Crippen LogP contribution in [-0.4, -0.2) is 53.5 Å². The molecule has 2 aromatic rings. The first kappa shape index (κ1) is 17.8. The third-order valence-corrected chi connectivity index (χ3v) is 4.95. The van der Waals surface area contributed by atoms with E-state index in [4.69, 9.17) is 9.72 Å².